The predicted octanol–water partition coefficient (Wildman–Crippen LogP) is 4.10. The van der Waals surface area contributed by atoms with Crippen molar-refractivity contribution in [2.24, 2.45) is 5.92 Å². The van der Waals surface area contributed by atoms with Crippen molar-refractivity contribution < 1.29 is 18.0 Å². The first-order chi connectivity index (χ1) is 19.3. The zero-order chi connectivity index (χ0) is 28.1. The van der Waals surface area contributed by atoms with Crippen LogP contribution in [0.2, 0.25) is 0 Å². The summed E-state index contributed by atoms with van der Waals surface area (Å²) in [6.45, 7) is 1.74. The third-order valence-corrected chi connectivity index (χ3v) is 7.98. The lowest BCUT2D eigenvalue weighted by Crippen LogP contribution is -2.35. The van der Waals surface area contributed by atoms with Crippen LogP contribution in [-0.2, 0) is 15.8 Å². The summed E-state index contributed by atoms with van der Waals surface area (Å²) in [6.07, 6.45) is 3.78. The molecule has 1 saturated heterocycles. The van der Waals surface area contributed by atoms with Crippen molar-refractivity contribution in [1.82, 2.24) is 20.0 Å². The number of urea groups is 1. The van der Waals surface area contributed by atoms with E-state index >= 15 is 0 Å². The number of nitrogens with zero attached hydrogens (tertiary/aromatic N) is 2. The van der Waals surface area contributed by atoms with E-state index in [2.05, 4.69) is 25.3 Å². The Bertz CT molecular complexity index is 1670. The van der Waals surface area contributed by atoms with Crippen molar-refractivity contribution >= 4 is 44.1 Å². The number of nitrogen functional groups attached to an aromatic ring is 1. The van der Waals surface area contributed by atoms with E-state index in [4.69, 9.17) is 5.73 Å². The summed E-state index contributed by atoms with van der Waals surface area (Å²) in [7, 11) is -4.02. The molecule has 11 heteroatoms. The van der Waals surface area contributed by atoms with Gasteiger partial charge in [0, 0.05) is 17.7 Å². The number of hydrogen-bond donors (Lipinski definition) is 4. The quantitative estimate of drug-likeness (QED) is 0.236. The molecule has 1 aromatic heterocycles. The Kier molecular flexibility index (Phi) is 8.04. The number of nitrogens with one attached hydrogen (secondary N) is 3. The van der Waals surface area contributed by atoms with Crippen LogP contribution in [0.1, 0.15) is 35.3 Å². The molecule has 1 aliphatic rings. The van der Waals surface area contributed by atoms with Crippen molar-refractivity contribution in [2.75, 3.05) is 24.1 Å². The number of carbonyl (C=O) groups is 2. The number of nitrogens with two attached hydrogens (primary N) is 1. The monoisotopic (exact) mass is 558 g/mol. The number of amides is 2. The maximum absolute atomic E-state index is 12.9. The highest BCUT2D eigenvalue weighted by atomic mass is 32.2. The Morgan fingerprint density at radius 3 is 2.65 bits per heavy atom. The van der Waals surface area contributed by atoms with Crippen LogP contribution in [0.5, 0.6) is 0 Å². The summed E-state index contributed by atoms with van der Waals surface area (Å²) >= 11 is 0. The van der Waals surface area contributed by atoms with Crippen molar-refractivity contribution in [3.8, 4) is 11.3 Å². The third-order valence-electron chi connectivity index (χ3n) is 6.77. The largest absolute Gasteiger partial charge is 0.382 e. The number of hydrogen-bond acceptors (Lipinski definition) is 8. The number of ketones is 1. The van der Waals surface area contributed by atoms with Crippen molar-refractivity contribution in [2.45, 2.75) is 25.0 Å². The summed E-state index contributed by atoms with van der Waals surface area (Å²) in [5.74, 6) is -0.307. The number of sulfonamides is 1. The zero-order valence-corrected chi connectivity index (χ0v) is 22.6. The lowest BCUT2D eigenvalue weighted by molar-refractivity contribution is 0.0949. The van der Waals surface area contributed by atoms with Crippen LogP contribution < -0.4 is 21.1 Å². The van der Waals surface area contributed by atoms with Crippen molar-refractivity contribution in [3.05, 3.63) is 84.2 Å². The van der Waals surface area contributed by atoms with E-state index < -0.39 is 21.8 Å². The van der Waals surface area contributed by atoms with Crippen molar-refractivity contribution in [1.29, 1.82) is 0 Å². The van der Waals surface area contributed by atoms with Crippen LogP contribution in [0, 0.1) is 5.92 Å². The molecular weight excluding hydrogens is 528 g/mol. The maximum Gasteiger partial charge on any atom is 0.332 e. The zero-order valence-electron chi connectivity index (χ0n) is 21.8. The van der Waals surface area contributed by atoms with E-state index in [-0.39, 0.29) is 23.2 Å². The van der Waals surface area contributed by atoms with Crippen molar-refractivity contribution in [3.63, 3.8) is 0 Å². The normalized spacial score (nSPS) is 15.4. The van der Waals surface area contributed by atoms with Gasteiger partial charge in [-0.25, -0.2) is 27.9 Å². The van der Waals surface area contributed by atoms with E-state index in [1.807, 2.05) is 30.3 Å². The van der Waals surface area contributed by atoms with E-state index in [9.17, 15) is 18.0 Å². The second kappa shape index (κ2) is 11.8. The second-order valence-electron chi connectivity index (χ2n) is 9.91. The number of Topliss-reactive ketones (excluding diaryl/α,β-unsaturated/α-hetero) is 1. The fraction of sp³-hybridized carbons (Fsp3) is 0.241. The molecule has 2 heterocycles. The molecule has 3 aromatic carbocycles. The number of benzene rings is 3. The minimum absolute atomic E-state index is 0.0675. The molecular formula is C29H30N6O4S. The van der Waals surface area contributed by atoms with E-state index in [0.717, 1.165) is 36.7 Å². The van der Waals surface area contributed by atoms with Gasteiger partial charge in [0.05, 0.1) is 17.6 Å². The summed E-state index contributed by atoms with van der Waals surface area (Å²) in [5, 5.41) is 7.79. The first-order valence-corrected chi connectivity index (χ1v) is 14.7. The van der Waals surface area contributed by atoms with Gasteiger partial charge in [0.25, 0.3) is 0 Å². The van der Waals surface area contributed by atoms with Gasteiger partial charge in [-0.15, -0.1) is 0 Å². The molecule has 206 valence electrons. The molecule has 0 radical (unpaired) electrons. The van der Waals surface area contributed by atoms with Gasteiger partial charge in [0.2, 0.25) is 10.0 Å². The van der Waals surface area contributed by atoms with Crippen LogP contribution in [-0.4, -0.2) is 43.3 Å². The fourth-order valence-electron chi connectivity index (χ4n) is 4.84. The summed E-state index contributed by atoms with van der Waals surface area (Å²) in [6, 6.07) is 18.8. The lowest BCUT2D eigenvalue weighted by atomic mass is 9.93. The molecule has 0 unspecified atom stereocenters. The Balaban J connectivity index is 1.26. The predicted molar refractivity (Wildman–Crippen MR) is 155 cm³/mol. The second-order valence-corrected chi connectivity index (χ2v) is 11.6. The molecule has 0 saturated carbocycles. The minimum atomic E-state index is -4.02. The standard InChI is InChI=1S/C29H30N6O4S/c30-28-27(26(36)14-19-6-4-12-31-16-19)34-25(17-32-28)23-9-3-5-20(13-23)18-40(38,39)35-29(37)33-24-11-10-21-7-1-2-8-22(21)15-24/h1-3,5,7-11,13,15,17,19,31H,4,6,12,14,16,18H2,(H2,30,32)(H2,33,35,37)/t19-/m1/s1. The Hall–Kier alpha value is -4.35. The Morgan fingerprint density at radius 2 is 1.85 bits per heavy atom. The van der Waals surface area contributed by atoms with Crippen LogP contribution >= 0.6 is 0 Å². The molecule has 0 aliphatic carbocycles. The Morgan fingerprint density at radius 1 is 1.02 bits per heavy atom. The number of aromatic nitrogens is 2. The molecule has 0 bridgehead atoms. The topological polar surface area (TPSA) is 156 Å². The average molecular weight is 559 g/mol. The first-order valence-electron chi connectivity index (χ1n) is 13.0. The van der Waals surface area contributed by atoms with Gasteiger partial charge < -0.3 is 16.4 Å². The molecule has 1 aliphatic heterocycles. The van der Waals surface area contributed by atoms with Gasteiger partial charge in [-0.1, -0.05) is 48.5 Å². The van der Waals surface area contributed by atoms with Gasteiger partial charge in [0.15, 0.2) is 11.6 Å². The number of anilines is 2. The Labute approximate surface area is 232 Å². The van der Waals surface area contributed by atoms with Crippen LogP contribution in [0.3, 0.4) is 0 Å². The lowest BCUT2D eigenvalue weighted by Gasteiger charge is -2.21. The maximum atomic E-state index is 12.9. The minimum Gasteiger partial charge on any atom is -0.382 e. The number of rotatable bonds is 8. The molecule has 0 spiro atoms. The molecule has 4 aromatic rings. The van der Waals surface area contributed by atoms with Crippen LogP contribution in [0.25, 0.3) is 22.0 Å². The highest BCUT2D eigenvalue weighted by Crippen LogP contribution is 2.24. The summed E-state index contributed by atoms with van der Waals surface area (Å²) in [5.41, 5.74) is 7.99. The molecule has 5 rings (SSSR count). The van der Waals surface area contributed by atoms with Gasteiger partial charge >= 0.3 is 6.03 Å². The summed E-state index contributed by atoms with van der Waals surface area (Å²) in [4.78, 5) is 34.0. The first kappa shape index (κ1) is 27.2. The molecule has 5 N–H and O–H groups in total. The van der Waals surface area contributed by atoms with E-state index in [1.165, 1.54) is 6.20 Å². The van der Waals surface area contributed by atoms with Gasteiger partial charge in [-0.05, 0) is 66.4 Å². The highest BCUT2D eigenvalue weighted by molar-refractivity contribution is 7.89. The van der Waals surface area contributed by atoms with Crippen LogP contribution in [0.4, 0.5) is 16.3 Å². The molecule has 1 fully saturated rings. The SMILES string of the molecule is Nc1ncc(-c2cccc(CS(=O)(=O)NC(=O)Nc3ccc4ccccc4c3)c2)nc1C(=O)C[C@H]1CCCNC1. The number of piperidine rings is 1. The summed E-state index contributed by atoms with van der Waals surface area (Å²) < 4.78 is 27.6. The molecule has 2 amide bonds. The highest BCUT2D eigenvalue weighted by Gasteiger charge is 2.22. The smallest absolute Gasteiger partial charge is 0.332 e. The van der Waals surface area contributed by atoms with Gasteiger partial charge in [0.1, 0.15) is 5.69 Å². The van der Waals surface area contributed by atoms with Gasteiger partial charge in [-0.3, -0.25) is 4.79 Å². The van der Waals surface area contributed by atoms with Crippen LogP contribution in [0.15, 0.2) is 72.9 Å². The van der Waals surface area contributed by atoms with Gasteiger partial charge in [-0.2, -0.15) is 0 Å². The van der Waals surface area contributed by atoms with E-state index in [0.29, 0.717) is 28.9 Å². The number of carbonyl (C=O) groups excluding carboxylic acids is 2. The third kappa shape index (κ3) is 6.80. The number of fused-ring (bicyclic) bond motifs is 1. The fourth-order valence-corrected chi connectivity index (χ4v) is 5.86. The average Bonchev–Trinajstić information content (AvgIpc) is 2.93. The molecule has 10 nitrogen and oxygen atoms in total. The van der Waals surface area contributed by atoms with E-state index in [1.54, 1.807) is 36.4 Å². The molecule has 40 heavy (non-hydrogen) atoms. The molecule has 1 atom stereocenters.